The smallest absolute Gasteiger partial charge is 0.0695 e. The summed E-state index contributed by atoms with van der Waals surface area (Å²) in [5.41, 5.74) is 0.0818. The van der Waals surface area contributed by atoms with E-state index in [9.17, 15) is 10.2 Å². The summed E-state index contributed by atoms with van der Waals surface area (Å²) in [7, 11) is 2.13. The third-order valence-corrected chi connectivity index (χ3v) is 5.52. The molecule has 3 heteroatoms. The molecular formula is C16H31NO2. The van der Waals surface area contributed by atoms with Gasteiger partial charge >= 0.3 is 0 Å². The average molecular weight is 269 g/mol. The normalized spacial score (nSPS) is 40.6. The first-order valence-electron chi connectivity index (χ1n) is 8.05. The fourth-order valence-corrected chi connectivity index (χ4v) is 3.99. The summed E-state index contributed by atoms with van der Waals surface area (Å²) < 4.78 is 0. The molecule has 0 aromatic carbocycles. The Hall–Kier alpha value is -0.120. The van der Waals surface area contributed by atoms with E-state index in [-0.39, 0.29) is 11.5 Å². The van der Waals surface area contributed by atoms with Crippen molar-refractivity contribution in [2.45, 2.75) is 70.4 Å². The summed E-state index contributed by atoms with van der Waals surface area (Å²) in [5.74, 6) is 0.810. The van der Waals surface area contributed by atoms with Crippen LogP contribution in [0.4, 0.5) is 0 Å². The second kappa shape index (κ2) is 6.55. The summed E-state index contributed by atoms with van der Waals surface area (Å²) in [6.07, 6.45) is 9.02. The fourth-order valence-electron chi connectivity index (χ4n) is 3.99. The quantitative estimate of drug-likeness (QED) is 0.824. The molecule has 0 aromatic heterocycles. The predicted octanol–water partition coefficient (Wildman–Crippen LogP) is 2.41. The van der Waals surface area contributed by atoms with Gasteiger partial charge in [0.05, 0.1) is 6.10 Å². The SMILES string of the molecule is CC1CCC(CO)(CN(C)C2CCCCC2O)CC1. The van der Waals surface area contributed by atoms with E-state index in [0.717, 1.165) is 44.6 Å². The van der Waals surface area contributed by atoms with Gasteiger partial charge in [0.15, 0.2) is 0 Å². The Kier molecular flexibility index (Phi) is 5.27. The van der Waals surface area contributed by atoms with E-state index in [0.29, 0.717) is 12.6 Å². The third kappa shape index (κ3) is 3.71. The molecule has 2 atom stereocenters. The monoisotopic (exact) mass is 269 g/mol. The molecule has 2 N–H and O–H groups in total. The lowest BCUT2D eigenvalue weighted by atomic mass is 9.70. The highest BCUT2D eigenvalue weighted by atomic mass is 16.3. The van der Waals surface area contributed by atoms with Crippen LogP contribution in [0.15, 0.2) is 0 Å². The topological polar surface area (TPSA) is 43.7 Å². The maximum Gasteiger partial charge on any atom is 0.0695 e. The van der Waals surface area contributed by atoms with Crippen LogP contribution in [-0.4, -0.2) is 47.5 Å². The summed E-state index contributed by atoms with van der Waals surface area (Å²) in [5, 5.41) is 20.0. The Morgan fingerprint density at radius 1 is 1.11 bits per heavy atom. The minimum atomic E-state index is -0.169. The van der Waals surface area contributed by atoms with E-state index in [4.69, 9.17) is 0 Å². The van der Waals surface area contributed by atoms with Crippen LogP contribution in [-0.2, 0) is 0 Å². The van der Waals surface area contributed by atoms with E-state index >= 15 is 0 Å². The molecule has 3 nitrogen and oxygen atoms in total. The molecule has 0 saturated heterocycles. The van der Waals surface area contributed by atoms with Gasteiger partial charge in [0.2, 0.25) is 0 Å². The van der Waals surface area contributed by atoms with Gasteiger partial charge in [0.25, 0.3) is 0 Å². The van der Waals surface area contributed by atoms with Crippen molar-refractivity contribution in [3.05, 3.63) is 0 Å². The Bertz CT molecular complexity index is 274. The van der Waals surface area contributed by atoms with E-state index < -0.39 is 0 Å². The number of hydrogen-bond donors (Lipinski definition) is 2. The first-order valence-corrected chi connectivity index (χ1v) is 8.05. The van der Waals surface area contributed by atoms with Crippen LogP contribution < -0.4 is 0 Å². The highest BCUT2D eigenvalue weighted by Crippen LogP contribution is 2.39. The van der Waals surface area contributed by atoms with Gasteiger partial charge < -0.3 is 15.1 Å². The summed E-state index contributed by atoms with van der Waals surface area (Å²) in [6, 6.07) is 0.302. The van der Waals surface area contributed by atoms with Gasteiger partial charge in [-0.1, -0.05) is 32.6 Å². The lowest BCUT2D eigenvalue weighted by Gasteiger charge is -2.44. The van der Waals surface area contributed by atoms with Gasteiger partial charge in [-0.25, -0.2) is 0 Å². The molecule has 2 unspecified atom stereocenters. The first-order chi connectivity index (χ1) is 9.06. The zero-order chi connectivity index (χ0) is 13.9. The predicted molar refractivity (Wildman–Crippen MR) is 78.0 cm³/mol. The number of aliphatic hydroxyl groups excluding tert-OH is 2. The molecule has 2 aliphatic rings. The minimum absolute atomic E-state index is 0.0818. The van der Waals surface area contributed by atoms with Gasteiger partial charge in [-0.05, 0) is 38.6 Å². The Labute approximate surface area is 118 Å². The van der Waals surface area contributed by atoms with Gasteiger partial charge in [-0.3, -0.25) is 0 Å². The van der Waals surface area contributed by atoms with Gasteiger partial charge in [-0.2, -0.15) is 0 Å². The lowest BCUT2D eigenvalue weighted by Crippen LogP contribution is -2.49. The molecule has 2 fully saturated rings. The van der Waals surface area contributed by atoms with Gasteiger partial charge in [-0.15, -0.1) is 0 Å². The highest BCUT2D eigenvalue weighted by Gasteiger charge is 2.37. The zero-order valence-corrected chi connectivity index (χ0v) is 12.6. The lowest BCUT2D eigenvalue weighted by molar-refractivity contribution is -0.0177. The fraction of sp³-hybridized carbons (Fsp3) is 1.00. The van der Waals surface area contributed by atoms with Crippen LogP contribution in [0.3, 0.4) is 0 Å². The van der Waals surface area contributed by atoms with Crippen molar-refractivity contribution in [2.75, 3.05) is 20.2 Å². The van der Waals surface area contributed by atoms with Crippen LogP contribution in [0.2, 0.25) is 0 Å². The van der Waals surface area contributed by atoms with Crippen molar-refractivity contribution in [1.82, 2.24) is 4.90 Å². The molecule has 2 aliphatic carbocycles. The van der Waals surface area contributed by atoms with E-state index in [1.807, 2.05) is 0 Å². The second-order valence-electron chi connectivity index (χ2n) is 7.17. The molecular weight excluding hydrogens is 238 g/mol. The van der Waals surface area contributed by atoms with Crippen LogP contribution in [0, 0.1) is 11.3 Å². The highest BCUT2D eigenvalue weighted by molar-refractivity contribution is 4.90. The van der Waals surface area contributed by atoms with Gasteiger partial charge in [0.1, 0.15) is 0 Å². The van der Waals surface area contributed by atoms with Gasteiger partial charge in [0, 0.05) is 24.6 Å². The van der Waals surface area contributed by atoms with Crippen LogP contribution >= 0.6 is 0 Å². The largest absolute Gasteiger partial charge is 0.396 e. The molecule has 2 rings (SSSR count). The number of rotatable bonds is 4. The molecule has 19 heavy (non-hydrogen) atoms. The van der Waals surface area contributed by atoms with Crippen LogP contribution in [0.25, 0.3) is 0 Å². The molecule has 0 radical (unpaired) electrons. The number of aliphatic hydroxyl groups is 2. The van der Waals surface area contributed by atoms with Crippen molar-refractivity contribution < 1.29 is 10.2 Å². The molecule has 0 amide bonds. The van der Waals surface area contributed by atoms with Crippen molar-refractivity contribution in [1.29, 1.82) is 0 Å². The molecule has 112 valence electrons. The average Bonchev–Trinajstić information content (AvgIpc) is 2.42. The first kappa shape index (κ1) is 15.3. The van der Waals surface area contributed by atoms with E-state index in [2.05, 4.69) is 18.9 Å². The zero-order valence-electron chi connectivity index (χ0n) is 12.6. The molecule has 0 aromatic rings. The Balaban J connectivity index is 1.93. The Morgan fingerprint density at radius 3 is 2.32 bits per heavy atom. The van der Waals surface area contributed by atoms with Crippen molar-refractivity contribution in [3.8, 4) is 0 Å². The van der Waals surface area contributed by atoms with Crippen molar-refractivity contribution in [3.63, 3.8) is 0 Å². The molecule has 2 saturated carbocycles. The van der Waals surface area contributed by atoms with Crippen molar-refractivity contribution in [2.24, 2.45) is 11.3 Å². The summed E-state index contributed by atoms with van der Waals surface area (Å²) >= 11 is 0. The standard InChI is InChI=1S/C16H31NO2/c1-13-7-9-16(12-18,10-8-13)11-17(2)14-5-3-4-6-15(14)19/h13-15,18-19H,3-12H2,1-2H3. The summed E-state index contributed by atoms with van der Waals surface area (Å²) in [6.45, 7) is 3.56. The number of nitrogens with zero attached hydrogens (tertiary/aromatic N) is 1. The number of likely N-dealkylation sites (N-methyl/N-ethyl adjacent to an activating group) is 1. The summed E-state index contributed by atoms with van der Waals surface area (Å²) in [4.78, 5) is 2.33. The molecule has 0 spiro atoms. The Morgan fingerprint density at radius 2 is 1.74 bits per heavy atom. The maximum absolute atomic E-state index is 10.2. The van der Waals surface area contributed by atoms with E-state index in [1.165, 1.54) is 19.3 Å². The number of hydrogen-bond acceptors (Lipinski definition) is 3. The molecule has 0 aliphatic heterocycles. The van der Waals surface area contributed by atoms with Crippen LogP contribution in [0.1, 0.15) is 58.3 Å². The molecule has 0 heterocycles. The van der Waals surface area contributed by atoms with Crippen LogP contribution in [0.5, 0.6) is 0 Å². The second-order valence-corrected chi connectivity index (χ2v) is 7.17. The maximum atomic E-state index is 10.2. The minimum Gasteiger partial charge on any atom is -0.396 e. The van der Waals surface area contributed by atoms with Crippen molar-refractivity contribution >= 4 is 0 Å². The molecule has 0 bridgehead atoms. The third-order valence-electron chi connectivity index (χ3n) is 5.52. The van der Waals surface area contributed by atoms with E-state index in [1.54, 1.807) is 0 Å².